The molecule has 1 heterocycles. The number of benzene rings is 1. The SMILES string of the molecule is COc1ccc(Br)cc1CNc1cccnc1Cl. The molecular formula is C13H12BrClN2O. The van der Waals surface area contributed by atoms with Crippen LogP contribution in [-0.4, -0.2) is 12.1 Å². The predicted octanol–water partition coefficient (Wildman–Crippen LogP) is 4.12. The number of hydrogen-bond donors (Lipinski definition) is 1. The number of pyridine rings is 1. The predicted molar refractivity (Wildman–Crippen MR) is 77.3 cm³/mol. The van der Waals surface area contributed by atoms with Crippen LogP contribution in [0.1, 0.15) is 5.56 Å². The molecule has 0 spiro atoms. The van der Waals surface area contributed by atoms with Gasteiger partial charge in [0.1, 0.15) is 5.75 Å². The summed E-state index contributed by atoms with van der Waals surface area (Å²) in [7, 11) is 1.66. The maximum absolute atomic E-state index is 5.98. The summed E-state index contributed by atoms with van der Waals surface area (Å²) in [6.07, 6.45) is 1.66. The van der Waals surface area contributed by atoms with Crippen molar-refractivity contribution < 1.29 is 4.74 Å². The van der Waals surface area contributed by atoms with Gasteiger partial charge in [0.2, 0.25) is 0 Å². The molecule has 94 valence electrons. The molecule has 1 aromatic heterocycles. The fraction of sp³-hybridized carbons (Fsp3) is 0.154. The maximum atomic E-state index is 5.98. The molecule has 0 saturated heterocycles. The maximum Gasteiger partial charge on any atom is 0.152 e. The first-order chi connectivity index (χ1) is 8.70. The fourth-order valence-electron chi connectivity index (χ4n) is 1.59. The minimum absolute atomic E-state index is 0.464. The molecule has 1 N–H and O–H groups in total. The van der Waals surface area contributed by atoms with Crippen LogP contribution in [0, 0.1) is 0 Å². The van der Waals surface area contributed by atoms with Gasteiger partial charge in [-0.05, 0) is 30.3 Å². The monoisotopic (exact) mass is 326 g/mol. The molecule has 0 atom stereocenters. The van der Waals surface area contributed by atoms with Crippen molar-refractivity contribution in [2.24, 2.45) is 0 Å². The molecule has 0 fully saturated rings. The summed E-state index contributed by atoms with van der Waals surface area (Å²) >= 11 is 9.43. The first-order valence-corrected chi connectivity index (χ1v) is 6.54. The molecule has 0 aliphatic heterocycles. The standard InChI is InChI=1S/C13H12BrClN2O/c1-18-12-5-4-10(14)7-9(12)8-17-11-3-2-6-16-13(11)15/h2-7,17H,8H2,1H3. The Morgan fingerprint density at radius 3 is 2.94 bits per heavy atom. The first kappa shape index (κ1) is 13.2. The summed E-state index contributed by atoms with van der Waals surface area (Å²) in [6, 6.07) is 9.60. The summed E-state index contributed by atoms with van der Waals surface area (Å²) in [4.78, 5) is 4.01. The molecule has 2 aromatic rings. The zero-order chi connectivity index (χ0) is 13.0. The molecule has 0 unspecified atom stereocenters. The topological polar surface area (TPSA) is 34.1 Å². The van der Waals surface area contributed by atoms with Crippen molar-refractivity contribution in [3.8, 4) is 5.75 Å². The van der Waals surface area contributed by atoms with Crippen LogP contribution >= 0.6 is 27.5 Å². The molecule has 0 radical (unpaired) electrons. The molecule has 1 aromatic carbocycles. The number of hydrogen-bond acceptors (Lipinski definition) is 3. The summed E-state index contributed by atoms with van der Waals surface area (Å²) in [5, 5.41) is 3.70. The van der Waals surface area contributed by atoms with Gasteiger partial charge in [0, 0.05) is 22.8 Å². The summed E-state index contributed by atoms with van der Waals surface area (Å²) < 4.78 is 6.32. The third kappa shape index (κ3) is 3.15. The van der Waals surface area contributed by atoms with Crippen molar-refractivity contribution in [3.63, 3.8) is 0 Å². The number of nitrogens with zero attached hydrogens (tertiary/aromatic N) is 1. The van der Waals surface area contributed by atoms with E-state index in [1.807, 2.05) is 30.3 Å². The van der Waals surface area contributed by atoms with Gasteiger partial charge in [-0.25, -0.2) is 4.98 Å². The minimum Gasteiger partial charge on any atom is -0.496 e. The lowest BCUT2D eigenvalue weighted by Crippen LogP contribution is -2.02. The summed E-state index contributed by atoms with van der Waals surface area (Å²) in [5.41, 5.74) is 1.85. The van der Waals surface area contributed by atoms with E-state index in [1.54, 1.807) is 13.3 Å². The molecule has 3 nitrogen and oxygen atoms in total. The Bertz CT molecular complexity index is 548. The van der Waals surface area contributed by atoms with Crippen LogP contribution in [-0.2, 0) is 6.54 Å². The number of rotatable bonds is 4. The van der Waals surface area contributed by atoms with Gasteiger partial charge in [-0.15, -0.1) is 0 Å². The van der Waals surface area contributed by atoms with Crippen molar-refractivity contribution in [2.45, 2.75) is 6.54 Å². The average Bonchev–Trinajstić information content (AvgIpc) is 2.38. The van der Waals surface area contributed by atoms with E-state index in [9.17, 15) is 0 Å². The Morgan fingerprint density at radius 2 is 2.22 bits per heavy atom. The van der Waals surface area contributed by atoms with Crippen LogP contribution in [0.4, 0.5) is 5.69 Å². The third-order valence-electron chi connectivity index (χ3n) is 2.47. The molecule has 0 bridgehead atoms. The van der Waals surface area contributed by atoms with Crippen molar-refractivity contribution in [3.05, 3.63) is 51.7 Å². The zero-order valence-electron chi connectivity index (χ0n) is 9.78. The van der Waals surface area contributed by atoms with Gasteiger partial charge < -0.3 is 10.1 Å². The number of anilines is 1. The van der Waals surface area contributed by atoms with Crippen LogP contribution in [0.2, 0.25) is 5.15 Å². The van der Waals surface area contributed by atoms with Gasteiger partial charge in [0.05, 0.1) is 12.8 Å². The molecule has 0 saturated carbocycles. The second-order valence-corrected chi connectivity index (χ2v) is 4.93. The number of nitrogens with one attached hydrogen (secondary N) is 1. The zero-order valence-corrected chi connectivity index (χ0v) is 12.1. The van der Waals surface area contributed by atoms with Gasteiger partial charge >= 0.3 is 0 Å². The number of methoxy groups -OCH3 is 1. The van der Waals surface area contributed by atoms with E-state index < -0.39 is 0 Å². The number of ether oxygens (including phenoxy) is 1. The van der Waals surface area contributed by atoms with Gasteiger partial charge in [0.15, 0.2) is 5.15 Å². The quantitative estimate of drug-likeness (QED) is 0.858. The van der Waals surface area contributed by atoms with Crippen LogP contribution in [0.25, 0.3) is 0 Å². The van der Waals surface area contributed by atoms with E-state index in [0.717, 1.165) is 21.5 Å². The van der Waals surface area contributed by atoms with Gasteiger partial charge in [-0.2, -0.15) is 0 Å². The van der Waals surface area contributed by atoms with E-state index in [1.165, 1.54) is 0 Å². The van der Waals surface area contributed by atoms with Crippen LogP contribution in [0.3, 0.4) is 0 Å². The van der Waals surface area contributed by atoms with E-state index in [2.05, 4.69) is 26.2 Å². The Kier molecular flexibility index (Phi) is 4.44. The highest BCUT2D eigenvalue weighted by atomic mass is 79.9. The highest BCUT2D eigenvalue weighted by Crippen LogP contribution is 2.25. The van der Waals surface area contributed by atoms with Crippen molar-refractivity contribution >= 4 is 33.2 Å². The lowest BCUT2D eigenvalue weighted by atomic mass is 10.2. The molecule has 0 aliphatic rings. The third-order valence-corrected chi connectivity index (χ3v) is 3.27. The molecule has 0 amide bonds. The van der Waals surface area contributed by atoms with Gasteiger partial charge in [-0.3, -0.25) is 0 Å². The van der Waals surface area contributed by atoms with Gasteiger partial charge in [0.25, 0.3) is 0 Å². The van der Waals surface area contributed by atoms with E-state index in [0.29, 0.717) is 11.7 Å². The number of aromatic nitrogens is 1. The number of halogens is 2. The molecule has 5 heteroatoms. The minimum atomic E-state index is 0.464. The molecule has 0 aliphatic carbocycles. The lowest BCUT2D eigenvalue weighted by Gasteiger charge is -2.11. The van der Waals surface area contributed by atoms with Crippen molar-refractivity contribution in [1.82, 2.24) is 4.98 Å². The Hall–Kier alpha value is -1.26. The van der Waals surface area contributed by atoms with Gasteiger partial charge in [-0.1, -0.05) is 27.5 Å². The van der Waals surface area contributed by atoms with Crippen LogP contribution in [0.15, 0.2) is 41.0 Å². The smallest absolute Gasteiger partial charge is 0.152 e. The van der Waals surface area contributed by atoms with Crippen molar-refractivity contribution in [1.29, 1.82) is 0 Å². The highest BCUT2D eigenvalue weighted by molar-refractivity contribution is 9.10. The Morgan fingerprint density at radius 1 is 1.39 bits per heavy atom. The fourth-order valence-corrected chi connectivity index (χ4v) is 2.19. The second kappa shape index (κ2) is 6.07. The average molecular weight is 328 g/mol. The van der Waals surface area contributed by atoms with E-state index in [-0.39, 0.29) is 0 Å². The van der Waals surface area contributed by atoms with E-state index in [4.69, 9.17) is 16.3 Å². The normalized spacial score (nSPS) is 10.2. The molecule has 2 rings (SSSR count). The highest BCUT2D eigenvalue weighted by Gasteiger charge is 2.05. The van der Waals surface area contributed by atoms with Crippen LogP contribution in [0.5, 0.6) is 5.75 Å². The lowest BCUT2D eigenvalue weighted by molar-refractivity contribution is 0.410. The Balaban J connectivity index is 2.15. The van der Waals surface area contributed by atoms with Crippen LogP contribution < -0.4 is 10.1 Å². The Labute approximate surface area is 119 Å². The van der Waals surface area contributed by atoms with Crippen molar-refractivity contribution in [2.75, 3.05) is 12.4 Å². The van der Waals surface area contributed by atoms with E-state index >= 15 is 0 Å². The second-order valence-electron chi connectivity index (χ2n) is 3.65. The summed E-state index contributed by atoms with van der Waals surface area (Å²) in [6.45, 7) is 0.619. The summed E-state index contributed by atoms with van der Waals surface area (Å²) in [5.74, 6) is 0.839. The first-order valence-electron chi connectivity index (χ1n) is 5.37. The largest absolute Gasteiger partial charge is 0.496 e. The molecule has 18 heavy (non-hydrogen) atoms. The molecular weight excluding hydrogens is 316 g/mol.